The van der Waals surface area contributed by atoms with E-state index in [1.54, 1.807) is 0 Å². The highest BCUT2D eigenvalue weighted by Crippen LogP contribution is 2.32. The van der Waals surface area contributed by atoms with Gasteiger partial charge in [-0.25, -0.2) is 12.8 Å². The van der Waals surface area contributed by atoms with Crippen LogP contribution in [0.1, 0.15) is 25.3 Å². The average molecular weight is 266 g/mol. The Hall–Kier alpha value is -0.810. The third kappa shape index (κ3) is 3.35. The van der Waals surface area contributed by atoms with Gasteiger partial charge in [0.1, 0.15) is 5.82 Å². The Labute approximate surface area is 99.7 Å². The summed E-state index contributed by atoms with van der Waals surface area (Å²) in [6.07, 6.45) is 1.02. The van der Waals surface area contributed by atoms with Crippen LogP contribution in [0.2, 0.25) is 5.02 Å². The lowest BCUT2D eigenvalue weighted by Gasteiger charge is -2.15. The van der Waals surface area contributed by atoms with Crippen molar-refractivity contribution in [3.63, 3.8) is 0 Å². The van der Waals surface area contributed by atoms with Crippen molar-refractivity contribution in [1.82, 2.24) is 0 Å². The van der Waals surface area contributed by atoms with Crippen molar-refractivity contribution < 1.29 is 12.8 Å². The number of rotatable bonds is 3. The van der Waals surface area contributed by atoms with Crippen LogP contribution in [0.15, 0.2) is 12.1 Å². The topological polar surface area (TPSA) is 46.2 Å². The highest BCUT2D eigenvalue weighted by molar-refractivity contribution is 7.92. The second kappa shape index (κ2) is 4.59. The molecule has 1 aromatic rings. The molecule has 90 valence electrons. The Morgan fingerprint density at radius 2 is 1.94 bits per heavy atom. The van der Waals surface area contributed by atoms with E-state index in [4.69, 9.17) is 11.6 Å². The summed E-state index contributed by atoms with van der Waals surface area (Å²) in [7, 11) is -3.43. The molecule has 0 aliphatic heterocycles. The number of sulfonamides is 1. The van der Waals surface area contributed by atoms with E-state index >= 15 is 0 Å². The maximum Gasteiger partial charge on any atom is 0.229 e. The van der Waals surface area contributed by atoms with Crippen LogP contribution >= 0.6 is 11.6 Å². The normalized spacial score (nSPS) is 11.9. The summed E-state index contributed by atoms with van der Waals surface area (Å²) in [6, 6.07) is 2.37. The van der Waals surface area contributed by atoms with Crippen LogP contribution in [0, 0.1) is 5.82 Å². The van der Waals surface area contributed by atoms with Gasteiger partial charge < -0.3 is 0 Å². The van der Waals surface area contributed by atoms with Gasteiger partial charge in [-0.05, 0) is 23.6 Å². The van der Waals surface area contributed by atoms with Crippen molar-refractivity contribution in [2.24, 2.45) is 0 Å². The molecule has 0 bridgehead atoms. The summed E-state index contributed by atoms with van der Waals surface area (Å²) in [5, 5.41) is 0.0640. The van der Waals surface area contributed by atoms with E-state index < -0.39 is 15.8 Å². The number of halogens is 2. The van der Waals surface area contributed by atoms with Gasteiger partial charge in [0, 0.05) is 0 Å². The molecule has 0 spiro atoms. The zero-order chi connectivity index (χ0) is 12.5. The van der Waals surface area contributed by atoms with Crippen LogP contribution in [0.4, 0.5) is 10.1 Å². The van der Waals surface area contributed by atoms with Gasteiger partial charge in [-0.1, -0.05) is 25.4 Å². The first-order chi connectivity index (χ1) is 7.20. The number of nitrogens with one attached hydrogen (secondary N) is 1. The van der Waals surface area contributed by atoms with Crippen LogP contribution in [0.5, 0.6) is 0 Å². The van der Waals surface area contributed by atoms with Crippen LogP contribution in [0.25, 0.3) is 0 Å². The molecular formula is C10H13ClFNO2S. The van der Waals surface area contributed by atoms with E-state index in [9.17, 15) is 12.8 Å². The molecule has 0 fully saturated rings. The van der Waals surface area contributed by atoms with Gasteiger partial charge in [0.2, 0.25) is 10.0 Å². The van der Waals surface area contributed by atoms with Crippen LogP contribution in [0.3, 0.4) is 0 Å². The molecule has 6 heteroatoms. The predicted molar refractivity (Wildman–Crippen MR) is 64.0 cm³/mol. The molecule has 0 radical (unpaired) electrons. The van der Waals surface area contributed by atoms with Gasteiger partial charge in [-0.2, -0.15) is 0 Å². The van der Waals surface area contributed by atoms with Gasteiger partial charge in [-0.3, -0.25) is 4.72 Å². The number of hydrogen-bond acceptors (Lipinski definition) is 2. The first-order valence-corrected chi connectivity index (χ1v) is 6.94. The van der Waals surface area contributed by atoms with Crippen molar-refractivity contribution in [2.75, 3.05) is 11.0 Å². The fraction of sp³-hybridized carbons (Fsp3) is 0.400. The predicted octanol–water partition coefficient (Wildman–Crippen LogP) is 2.97. The Kier molecular flexibility index (Phi) is 3.80. The highest BCUT2D eigenvalue weighted by Gasteiger charge is 2.15. The molecule has 0 saturated heterocycles. The molecule has 0 heterocycles. The summed E-state index contributed by atoms with van der Waals surface area (Å²) >= 11 is 5.82. The minimum atomic E-state index is -3.43. The van der Waals surface area contributed by atoms with Crippen molar-refractivity contribution in [3.05, 3.63) is 28.5 Å². The quantitative estimate of drug-likeness (QED) is 0.913. The molecule has 1 rings (SSSR count). The first kappa shape index (κ1) is 13.3. The van der Waals surface area contributed by atoms with E-state index in [0.717, 1.165) is 12.3 Å². The van der Waals surface area contributed by atoms with E-state index in [1.165, 1.54) is 6.07 Å². The largest absolute Gasteiger partial charge is 0.282 e. The second-order valence-electron chi connectivity index (χ2n) is 3.88. The summed E-state index contributed by atoms with van der Waals surface area (Å²) in [4.78, 5) is 0. The van der Waals surface area contributed by atoms with E-state index in [0.29, 0.717) is 5.56 Å². The van der Waals surface area contributed by atoms with E-state index in [-0.39, 0.29) is 16.6 Å². The van der Waals surface area contributed by atoms with Crippen LogP contribution < -0.4 is 4.72 Å². The molecule has 1 N–H and O–H groups in total. The van der Waals surface area contributed by atoms with Crippen molar-refractivity contribution >= 4 is 27.3 Å². The smallest absolute Gasteiger partial charge is 0.229 e. The van der Waals surface area contributed by atoms with Crippen molar-refractivity contribution in [1.29, 1.82) is 0 Å². The summed E-state index contributed by atoms with van der Waals surface area (Å²) in [5.74, 6) is -0.509. The van der Waals surface area contributed by atoms with E-state index in [2.05, 4.69) is 4.72 Å². The molecule has 0 aliphatic rings. The van der Waals surface area contributed by atoms with Gasteiger partial charge in [0.15, 0.2) is 0 Å². The van der Waals surface area contributed by atoms with Gasteiger partial charge >= 0.3 is 0 Å². The van der Waals surface area contributed by atoms with Gasteiger partial charge in [0.25, 0.3) is 0 Å². The molecular weight excluding hydrogens is 253 g/mol. The first-order valence-electron chi connectivity index (χ1n) is 4.67. The second-order valence-corrected chi connectivity index (χ2v) is 6.04. The summed E-state index contributed by atoms with van der Waals surface area (Å²) in [5.41, 5.74) is 0.788. The fourth-order valence-corrected chi connectivity index (χ4v) is 2.26. The SMILES string of the molecule is CC(C)c1cc(F)cc(Cl)c1NS(C)(=O)=O. The van der Waals surface area contributed by atoms with Gasteiger partial charge in [-0.15, -0.1) is 0 Å². The summed E-state index contributed by atoms with van der Waals surface area (Å²) < 4.78 is 37.7. The van der Waals surface area contributed by atoms with Crippen LogP contribution in [-0.4, -0.2) is 14.7 Å². The van der Waals surface area contributed by atoms with Crippen molar-refractivity contribution in [3.8, 4) is 0 Å². The molecule has 0 amide bonds. The maximum absolute atomic E-state index is 13.1. The molecule has 1 aromatic carbocycles. The zero-order valence-corrected chi connectivity index (χ0v) is 10.8. The van der Waals surface area contributed by atoms with Gasteiger partial charge in [0.05, 0.1) is 17.0 Å². The Bertz CT molecular complexity index is 500. The molecule has 0 unspecified atom stereocenters. The Balaban J connectivity index is 3.36. The third-order valence-electron chi connectivity index (χ3n) is 1.99. The number of hydrogen-bond donors (Lipinski definition) is 1. The molecule has 0 aromatic heterocycles. The zero-order valence-electron chi connectivity index (χ0n) is 9.21. The van der Waals surface area contributed by atoms with E-state index in [1.807, 2.05) is 13.8 Å². The molecule has 0 aliphatic carbocycles. The average Bonchev–Trinajstić information content (AvgIpc) is 2.07. The lowest BCUT2D eigenvalue weighted by atomic mass is 10.0. The molecule has 3 nitrogen and oxygen atoms in total. The lowest BCUT2D eigenvalue weighted by Crippen LogP contribution is -2.12. The Morgan fingerprint density at radius 3 is 2.38 bits per heavy atom. The third-order valence-corrected chi connectivity index (χ3v) is 2.87. The number of anilines is 1. The standard InChI is InChI=1S/C10H13ClFNO2S/c1-6(2)8-4-7(12)5-9(11)10(8)13-16(3,14)15/h4-6,13H,1-3H3. The highest BCUT2D eigenvalue weighted by atomic mass is 35.5. The molecule has 0 atom stereocenters. The summed E-state index contributed by atoms with van der Waals surface area (Å²) in [6.45, 7) is 3.66. The maximum atomic E-state index is 13.1. The Morgan fingerprint density at radius 1 is 1.38 bits per heavy atom. The molecule has 16 heavy (non-hydrogen) atoms. The fourth-order valence-electron chi connectivity index (χ4n) is 1.34. The number of benzene rings is 1. The minimum Gasteiger partial charge on any atom is -0.282 e. The monoisotopic (exact) mass is 265 g/mol. The van der Waals surface area contributed by atoms with Crippen LogP contribution in [-0.2, 0) is 10.0 Å². The molecule has 0 saturated carbocycles. The lowest BCUT2D eigenvalue weighted by molar-refractivity contribution is 0.606. The van der Waals surface area contributed by atoms with Crippen molar-refractivity contribution in [2.45, 2.75) is 19.8 Å². The minimum absolute atomic E-state index is 0.0301.